The fourth-order valence-electron chi connectivity index (χ4n) is 3.89. The summed E-state index contributed by atoms with van der Waals surface area (Å²) in [6.45, 7) is 4.10. The molecule has 2 N–H and O–H groups in total. The van der Waals surface area contributed by atoms with Gasteiger partial charge < -0.3 is 14.9 Å². The number of ether oxygens (including phenoxy) is 1. The van der Waals surface area contributed by atoms with Crippen LogP contribution in [0.25, 0.3) is 0 Å². The number of nitrogens with one attached hydrogen (secondary N) is 2. The number of anilines is 1. The Bertz CT molecular complexity index is 1320. The molecule has 0 bridgehead atoms. The molecule has 192 valence electrons. The lowest BCUT2D eigenvalue weighted by Gasteiger charge is -2.12. The Balaban J connectivity index is 1.30. The van der Waals surface area contributed by atoms with E-state index in [1.54, 1.807) is 30.3 Å². The predicted octanol–water partition coefficient (Wildman–Crippen LogP) is 6.59. The first-order valence-electron chi connectivity index (χ1n) is 11.6. The number of halogens is 3. The number of aryl methyl sites for hydroxylation is 1. The van der Waals surface area contributed by atoms with Crippen molar-refractivity contribution in [2.24, 2.45) is 10.3 Å². The van der Waals surface area contributed by atoms with Gasteiger partial charge in [-0.15, -0.1) is 13.2 Å². The number of urea groups is 1. The summed E-state index contributed by atoms with van der Waals surface area (Å²) < 4.78 is 41.3. The molecule has 37 heavy (non-hydrogen) atoms. The topological polar surface area (TPSA) is 84.3 Å². The molecule has 0 atom stereocenters. The Labute approximate surface area is 212 Å². The lowest BCUT2D eigenvalue weighted by Crippen LogP contribution is -2.24. The molecule has 0 saturated carbocycles. The molecule has 0 fully saturated rings. The standard InChI is InChI=1S/C27H25F3N4O3/c1-17(2)22-5-3-4-6-24(22)32-26(35)33-31-16-18-7-10-20(11-8-18)37-34-25-14-9-19-15-21(12-13-23(19)25)36-27(28,29)30/h3-8,10-13,15-17H,9,14H2,1-2H3,(H2,32,33,35)/b31-16+,34-25+. The molecule has 0 aliphatic heterocycles. The number of para-hydroxylation sites is 1. The zero-order valence-electron chi connectivity index (χ0n) is 20.2. The number of carbonyl (C=O) groups excluding carboxylic acids is 1. The minimum atomic E-state index is -4.73. The Morgan fingerprint density at radius 3 is 2.46 bits per heavy atom. The normalized spacial score (nSPS) is 14.2. The Morgan fingerprint density at radius 1 is 1.00 bits per heavy atom. The highest BCUT2D eigenvalue weighted by Gasteiger charge is 2.31. The van der Waals surface area contributed by atoms with Gasteiger partial charge in [-0.2, -0.15) is 5.10 Å². The van der Waals surface area contributed by atoms with Crippen LogP contribution in [0, 0.1) is 0 Å². The highest BCUT2D eigenvalue weighted by atomic mass is 19.4. The van der Waals surface area contributed by atoms with Gasteiger partial charge in [-0.3, -0.25) is 0 Å². The Morgan fingerprint density at radius 2 is 1.73 bits per heavy atom. The predicted molar refractivity (Wildman–Crippen MR) is 135 cm³/mol. The van der Waals surface area contributed by atoms with E-state index < -0.39 is 12.4 Å². The van der Waals surface area contributed by atoms with Crippen molar-refractivity contribution in [3.8, 4) is 11.5 Å². The molecule has 10 heteroatoms. The maximum Gasteiger partial charge on any atom is 0.573 e. The number of oxime groups is 1. The number of alkyl halides is 3. The number of hydrazone groups is 1. The van der Waals surface area contributed by atoms with Crippen LogP contribution in [-0.2, 0) is 6.42 Å². The molecular formula is C27H25F3N4O3. The van der Waals surface area contributed by atoms with Crippen LogP contribution in [0.2, 0.25) is 0 Å². The molecular weight excluding hydrogens is 485 g/mol. The van der Waals surface area contributed by atoms with Crippen molar-refractivity contribution in [3.05, 3.63) is 89.0 Å². The lowest BCUT2D eigenvalue weighted by atomic mass is 10.0. The zero-order valence-corrected chi connectivity index (χ0v) is 20.2. The first kappa shape index (κ1) is 25.7. The van der Waals surface area contributed by atoms with Crippen LogP contribution in [0.4, 0.5) is 23.7 Å². The van der Waals surface area contributed by atoms with Crippen LogP contribution in [0.1, 0.15) is 48.4 Å². The van der Waals surface area contributed by atoms with E-state index in [4.69, 9.17) is 4.84 Å². The average molecular weight is 511 g/mol. The summed E-state index contributed by atoms with van der Waals surface area (Å²) in [5.74, 6) is 0.490. The van der Waals surface area contributed by atoms with E-state index in [2.05, 4.69) is 39.6 Å². The van der Waals surface area contributed by atoms with E-state index in [0.717, 1.165) is 27.9 Å². The third-order valence-corrected chi connectivity index (χ3v) is 5.60. The number of nitrogens with zero attached hydrogens (tertiary/aromatic N) is 2. The molecule has 1 aliphatic rings. The first-order valence-corrected chi connectivity index (χ1v) is 11.6. The van der Waals surface area contributed by atoms with Crippen molar-refractivity contribution in [1.82, 2.24) is 5.43 Å². The summed E-state index contributed by atoms with van der Waals surface area (Å²) in [6, 6.07) is 18.2. The van der Waals surface area contributed by atoms with Gasteiger partial charge in [0.1, 0.15) is 5.75 Å². The van der Waals surface area contributed by atoms with Crippen molar-refractivity contribution in [2.75, 3.05) is 5.32 Å². The number of benzene rings is 3. The van der Waals surface area contributed by atoms with Crippen molar-refractivity contribution < 1.29 is 27.5 Å². The highest BCUT2D eigenvalue weighted by Crippen LogP contribution is 2.30. The SMILES string of the molecule is CC(C)c1ccccc1NC(=O)N/N=C/c1ccc(O/N=C2\CCc3cc(OC(F)(F)F)ccc32)cc1. The number of amides is 2. The fourth-order valence-corrected chi connectivity index (χ4v) is 3.89. The molecule has 0 saturated heterocycles. The van der Waals surface area contributed by atoms with Crippen LogP contribution in [0.3, 0.4) is 0 Å². The molecule has 4 rings (SSSR count). The largest absolute Gasteiger partial charge is 0.573 e. The van der Waals surface area contributed by atoms with Gasteiger partial charge in [0.15, 0.2) is 5.75 Å². The van der Waals surface area contributed by atoms with Gasteiger partial charge in [0, 0.05) is 11.3 Å². The second kappa shape index (κ2) is 11.2. The van der Waals surface area contributed by atoms with E-state index >= 15 is 0 Å². The summed E-state index contributed by atoms with van der Waals surface area (Å²) in [4.78, 5) is 17.7. The van der Waals surface area contributed by atoms with Gasteiger partial charge in [-0.05, 0) is 84.0 Å². The summed E-state index contributed by atoms with van der Waals surface area (Å²) >= 11 is 0. The van der Waals surface area contributed by atoms with Gasteiger partial charge in [0.25, 0.3) is 0 Å². The number of hydrogen-bond donors (Lipinski definition) is 2. The second-order valence-electron chi connectivity index (χ2n) is 8.63. The number of rotatable bonds is 7. The number of fused-ring (bicyclic) bond motifs is 1. The van der Waals surface area contributed by atoms with Crippen LogP contribution in [0.15, 0.2) is 77.0 Å². The van der Waals surface area contributed by atoms with Gasteiger partial charge in [0.05, 0.1) is 11.9 Å². The van der Waals surface area contributed by atoms with Gasteiger partial charge in [-0.1, -0.05) is 37.2 Å². The maximum atomic E-state index is 12.4. The van der Waals surface area contributed by atoms with E-state index in [0.29, 0.717) is 24.3 Å². The minimum absolute atomic E-state index is 0.252. The highest BCUT2D eigenvalue weighted by molar-refractivity contribution is 6.04. The van der Waals surface area contributed by atoms with E-state index in [-0.39, 0.29) is 11.7 Å². The molecule has 3 aromatic rings. The zero-order chi connectivity index (χ0) is 26.4. The number of carbonyl (C=O) groups is 1. The molecule has 0 unspecified atom stereocenters. The van der Waals surface area contributed by atoms with Crippen LogP contribution in [0.5, 0.6) is 11.5 Å². The van der Waals surface area contributed by atoms with E-state index in [9.17, 15) is 18.0 Å². The quantitative estimate of drug-likeness (QED) is 0.278. The third kappa shape index (κ3) is 7.09. The van der Waals surface area contributed by atoms with Crippen molar-refractivity contribution in [1.29, 1.82) is 0 Å². The maximum absolute atomic E-state index is 12.4. The van der Waals surface area contributed by atoms with Crippen LogP contribution >= 0.6 is 0 Å². The second-order valence-corrected chi connectivity index (χ2v) is 8.63. The average Bonchev–Trinajstić information content (AvgIpc) is 3.25. The van der Waals surface area contributed by atoms with Gasteiger partial charge in [-0.25, -0.2) is 10.2 Å². The van der Waals surface area contributed by atoms with Crippen molar-refractivity contribution >= 4 is 23.6 Å². The fraction of sp³-hybridized carbons (Fsp3) is 0.222. The van der Waals surface area contributed by atoms with Crippen LogP contribution in [-0.4, -0.2) is 24.3 Å². The minimum Gasteiger partial charge on any atom is -0.406 e. The van der Waals surface area contributed by atoms with Gasteiger partial charge in [0.2, 0.25) is 0 Å². The Kier molecular flexibility index (Phi) is 7.76. The smallest absolute Gasteiger partial charge is 0.406 e. The summed E-state index contributed by atoms with van der Waals surface area (Å²) in [5, 5.41) is 10.9. The summed E-state index contributed by atoms with van der Waals surface area (Å²) in [6.07, 6.45) is -2.14. The lowest BCUT2D eigenvalue weighted by molar-refractivity contribution is -0.274. The van der Waals surface area contributed by atoms with Gasteiger partial charge >= 0.3 is 12.4 Å². The van der Waals surface area contributed by atoms with E-state index in [1.807, 2.05) is 24.3 Å². The first-order chi connectivity index (χ1) is 17.7. The van der Waals surface area contributed by atoms with Crippen molar-refractivity contribution in [3.63, 3.8) is 0 Å². The Hall–Kier alpha value is -4.34. The van der Waals surface area contributed by atoms with Crippen LogP contribution < -0.4 is 20.3 Å². The summed E-state index contributed by atoms with van der Waals surface area (Å²) in [5.41, 5.74) is 7.03. The molecule has 0 spiro atoms. The molecule has 0 aromatic heterocycles. The van der Waals surface area contributed by atoms with Crippen molar-refractivity contribution in [2.45, 2.75) is 39.0 Å². The molecule has 2 amide bonds. The molecule has 7 nitrogen and oxygen atoms in total. The number of hydrogen-bond acceptors (Lipinski definition) is 5. The van der Waals surface area contributed by atoms with E-state index in [1.165, 1.54) is 18.3 Å². The monoisotopic (exact) mass is 510 g/mol. The molecule has 0 heterocycles. The molecule has 3 aromatic carbocycles. The molecule has 1 aliphatic carbocycles. The summed E-state index contributed by atoms with van der Waals surface area (Å²) in [7, 11) is 0. The third-order valence-electron chi connectivity index (χ3n) is 5.60. The molecule has 0 radical (unpaired) electrons.